The van der Waals surface area contributed by atoms with Crippen molar-refractivity contribution in [3.8, 4) is 0 Å². The summed E-state index contributed by atoms with van der Waals surface area (Å²) in [4.78, 5) is 2.19. The molecule has 19 heavy (non-hydrogen) atoms. The lowest BCUT2D eigenvalue weighted by molar-refractivity contribution is 0.0881. The molecule has 0 bridgehead atoms. The van der Waals surface area contributed by atoms with E-state index < -0.39 is 0 Å². The molecule has 0 unspecified atom stereocenters. The van der Waals surface area contributed by atoms with Crippen LogP contribution >= 0.6 is 0 Å². The van der Waals surface area contributed by atoms with Gasteiger partial charge in [-0.05, 0) is 25.6 Å². The Hall–Kier alpha value is -1.16. The molecule has 106 valence electrons. The molecule has 1 aromatic carbocycles. The lowest BCUT2D eigenvalue weighted by atomic mass is 10.0. The number of benzene rings is 1. The van der Waals surface area contributed by atoms with E-state index >= 15 is 0 Å². The van der Waals surface area contributed by atoms with Crippen molar-refractivity contribution >= 4 is 0 Å². The Labute approximate surface area is 116 Å². The van der Waals surface area contributed by atoms with E-state index in [0.29, 0.717) is 6.54 Å². The van der Waals surface area contributed by atoms with Gasteiger partial charge in [-0.3, -0.25) is 4.90 Å². The van der Waals surface area contributed by atoms with Crippen molar-refractivity contribution in [1.82, 2.24) is 10.2 Å². The van der Waals surface area contributed by atoms with Gasteiger partial charge in [0.05, 0.1) is 6.10 Å². The third kappa shape index (κ3) is 5.55. The Balaban J connectivity index is 2.56. The van der Waals surface area contributed by atoms with Gasteiger partial charge in [0.2, 0.25) is 0 Å². The van der Waals surface area contributed by atoms with Crippen molar-refractivity contribution in [2.45, 2.75) is 25.5 Å². The molecule has 0 aliphatic heterocycles. The van der Waals surface area contributed by atoms with Crippen LogP contribution in [0.25, 0.3) is 0 Å². The zero-order valence-corrected chi connectivity index (χ0v) is 12.0. The van der Waals surface area contributed by atoms with E-state index in [1.807, 2.05) is 31.3 Å². The van der Waals surface area contributed by atoms with Crippen LogP contribution in [0.3, 0.4) is 0 Å². The predicted molar refractivity (Wildman–Crippen MR) is 81.3 cm³/mol. The molecule has 1 aromatic rings. The molecule has 0 saturated heterocycles. The summed E-state index contributed by atoms with van der Waals surface area (Å²) in [7, 11) is 1.90. The van der Waals surface area contributed by atoms with Crippen LogP contribution in [0.2, 0.25) is 0 Å². The molecule has 0 aromatic heterocycles. The maximum absolute atomic E-state index is 10.4. The summed E-state index contributed by atoms with van der Waals surface area (Å²) in [6.45, 7) is 8.25. The monoisotopic (exact) mass is 262 g/mol. The minimum Gasteiger partial charge on any atom is -0.390 e. The Kier molecular flexibility index (Phi) is 7.41. The van der Waals surface area contributed by atoms with E-state index in [1.165, 1.54) is 5.56 Å². The zero-order valence-electron chi connectivity index (χ0n) is 12.0. The van der Waals surface area contributed by atoms with Crippen LogP contribution in [0.1, 0.15) is 12.5 Å². The molecular weight excluding hydrogens is 236 g/mol. The summed E-state index contributed by atoms with van der Waals surface area (Å²) in [5, 5.41) is 13.6. The first-order chi connectivity index (χ1) is 9.21. The van der Waals surface area contributed by atoms with E-state index in [4.69, 9.17) is 0 Å². The van der Waals surface area contributed by atoms with Crippen molar-refractivity contribution in [3.05, 3.63) is 48.6 Å². The minimum atomic E-state index is -0.384. The number of aliphatic hydroxyl groups excluding tert-OH is 1. The van der Waals surface area contributed by atoms with Gasteiger partial charge >= 0.3 is 0 Å². The molecule has 0 spiro atoms. The maximum atomic E-state index is 10.4. The second kappa shape index (κ2) is 8.86. The number of nitrogens with one attached hydrogen (secondary N) is 1. The number of hydrogen-bond acceptors (Lipinski definition) is 3. The van der Waals surface area contributed by atoms with E-state index in [9.17, 15) is 5.11 Å². The standard InChI is InChI=1S/C16H26N2O/c1-4-11-18(5-2)13-16(19)15(17-3)12-14-9-7-6-8-10-14/h4,6-10,15-17,19H,1,5,11-13H2,2-3H3/t15-,16+/m0/s1. The highest BCUT2D eigenvalue weighted by atomic mass is 16.3. The Morgan fingerprint density at radius 2 is 2.05 bits per heavy atom. The summed E-state index contributed by atoms with van der Waals surface area (Å²) in [6.07, 6.45) is 2.33. The van der Waals surface area contributed by atoms with Crippen LogP contribution in [0.5, 0.6) is 0 Å². The first kappa shape index (κ1) is 15.9. The SMILES string of the molecule is C=CCN(CC)C[C@@H](O)[C@H](Cc1ccccc1)NC. The van der Waals surface area contributed by atoms with E-state index in [2.05, 4.69) is 35.9 Å². The number of aliphatic hydroxyl groups is 1. The highest BCUT2D eigenvalue weighted by molar-refractivity contribution is 5.16. The van der Waals surface area contributed by atoms with E-state index in [1.54, 1.807) is 0 Å². The van der Waals surface area contributed by atoms with Gasteiger partial charge in [-0.1, -0.05) is 43.3 Å². The van der Waals surface area contributed by atoms with Gasteiger partial charge in [-0.2, -0.15) is 0 Å². The molecule has 0 fully saturated rings. The van der Waals surface area contributed by atoms with Gasteiger partial charge in [0.25, 0.3) is 0 Å². The first-order valence-electron chi connectivity index (χ1n) is 6.93. The van der Waals surface area contributed by atoms with Gasteiger partial charge in [-0.25, -0.2) is 0 Å². The van der Waals surface area contributed by atoms with Gasteiger partial charge in [0, 0.05) is 19.1 Å². The van der Waals surface area contributed by atoms with Gasteiger partial charge in [0.15, 0.2) is 0 Å². The van der Waals surface area contributed by atoms with E-state index in [-0.39, 0.29) is 12.1 Å². The molecule has 0 radical (unpaired) electrons. The molecule has 0 saturated carbocycles. The quantitative estimate of drug-likeness (QED) is 0.665. The molecule has 0 amide bonds. The zero-order chi connectivity index (χ0) is 14.1. The largest absolute Gasteiger partial charge is 0.390 e. The number of rotatable bonds is 9. The number of hydrogen-bond donors (Lipinski definition) is 2. The highest BCUT2D eigenvalue weighted by Gasteiger charge is 2.19. The molecule has 0 heterocycles. The van der Waals surface area contributed by atoms with Gasteiger partial charge in [-0.15, -0.1) is 6.58 Å². The highest BCUT2D eigenvalue weighted by Crippen LogP contribution is 2.07. The fourth-order valence-corrected chi connectivity index (χ4v) is 2.21. The van der Waals surface area contributed by atoms with Gasteiger partial charge in [0.1, 0.15) is 0 Å². The Morgan fingerprint density at radius 3 is 2.58 bits per heavy atom. The van der Waals surface area contributed by atoms with Crippen LogP contribution in [-0.2, 0) is 6.42 Å². The van der Waals surface area contributed by atoms with Crippen molar-refractivity contribution in [3.63, 3.8) is 0 Å². The summed E-state index contributed by atoms with van der Waals surface area (Å²) >= 11 is 0. The number of likely N-dealkylation sites (N-methyl/N-ethyl adjacent to an activating group) is 2. The summed E-state index contributed by atoms with van der Waals surface area (Å²) in [5.41, 5.74) is 1.24. The average Bonchev–Trinajstić information content (AvgIpc) is 2.45. The average molecular weight is 262 g/mol. The van der Waals surface area contributed by atoms with E-state index in [0.717, 1.165) is 19.5 Å². The lowest BCUT2D eigenvalue weighted by Gasteiger charge is -2.28. The smallest absolute Gasteiger partial charge is 0.0823 e. The van der Waals surface area contributed by atoms with Crippen LogP contribution < -0.4 is 5.32 Å². The van der Waals surface area contributed by atoms with Crippen molar-refractivity contribution in [2.24, 2.45) is 0 Å². The summed E-state index contributed by atoms with van der Waals surface area (Å²) in [6, 6.07) is 10.3. The van der Waals surface area contributed by atoms with Crippen LogP contribution in [0, 0.1) is 0 Å². The van der Waals surface area contributed by atoms with Crippen LogP contribution in [-0.4, -0.2) is 48.8 Å². The lowest BCUT2D eigenvalue weighted by Crippen LogP contribution is -2.46. The fourth-order valence-electron chi connectivity index (χ4n) is 2.21. The fraction of sp³-hybridized carbons (Fsp3) is 0.500. The minimum absolute atomic E-state index is 0.0706. The van der Waals surface area contributed by atoms with Crippen molar-refractivity contribution in [1.29, 1.82) is 0 Å². The molecule has 1 rings (SSSR count). The van der Waals surface area contributed by atoms with Crippen LogP contribution in [0.4, 0.5) is 0 Å². The van der Waals surface area contributed by atoms with Crippen molar-refractivity contribution in [2.75, 3.05) is 26.7 Å². The summed E-state index contributed by atoms with van der Waals surface area (Å²) in [5.74, 6) is 0. The number of nitrogens with zero attached hydrogens (tertiary/aromatic N) is 1. The molecule has 3 nitrogen and oxygen atoms in total. The Bertz CT molecular complexity index is 353. The summed E-state index contributed by atoms with van der Waals surface area (Å²) < 4.78 is 0. The van der Waals surface area contributed by atoms with Crippen LogP contribution in [0.15, 0.2) is 43.0 Å². The maximum Gasteiger partial charge on any atom is 0.0823 e. The second-order valence-corrected chi connectivity index (χ2v) is 4.79. The molecule has 2 atom stereocenters. The normalized spacial score (nSPS) is 14.3. The van der Waals surface area contributed by atoms with Gasteiger partial charge < -0.3 is 10.4 Å². The molecule has 2 N–H and O–H groups in total. The predicted octanol–water partition coefficient (Wildman–Crippen LogP) is 1.69. The Morgan fingerprint density at radius 1 is 1.37 bits per heavy atom. The molecule has 3 heteroatoms. The van der Waals surface area contributed by atoms with Crippen molar-refractivity contribution < 1.29 is 5.11 Å². The molecule has 0 aliphatic rings. The third-order valence-electron chi connectivity index (χ3n) is 3.41. The second-order valence-electron chi connectivity index (χ2n) is 4.79. The first-order valence-corrected chi connectivity index (χ1v) is 6.93. The third-order valence-corrected chi connectivity index (χ3v) is 3.41. The topological polar surface area (TPSA) is 35.5 Å². The molecular formula is C16H26N2O. The molecule has 0 aliphatic carbocycles.